The quantitative estimate of drug-likeness (QED) is 0.825. The lowest BCUT2D eigenvalue weighted by atomic mass is 9.98. The molecule has 1 aromatic rings. The molecule has 0 aromatic heterocycles. The van der Waals surface area contributed by atoms with Gasteiger partial charge in [0.05, 0.1) is 22.4 Å². The van der Waals surface area contributed by atoms with Crippen molar-refractivity contribution in [3.8, 4) is 0 Å². The second kappa shape index (κ2) is 5.56. The second-order valence-electron chi connectivity index (χ2n) is 6.14. The maximum atomic E-state index is 12.6. The van der Waals surface area contributed by atoms with Crippen LogP contribution in [0.3, 0.4) is 0 Å². The fraction of sp³-hybridized carbons (Fsp3) is 0.600. The van der Waals surface area contributed by atoms with Gasteiger partial charge in [-0.15, -0.1) is 0 Å². The Bertz CT molecular complexity index is 638. The molecule has 1 heterocycles. The van der Waals surface area contributed by atoms with Crippen LogP contribution < -0.4 is 5.73 Å². The van der Waals surface area contributed by atoms with Crippen molar-refractivity contribution in [1.82, 2.24) is 0 Å². The zero-order chi connectivity index (χ0) is 15.1. The topological polar surface area (TPSA) is 69.4 Å². The highest BCUT2D eigenvalue weighted by atomic mass is 79.9. The van der Waals surface area contributed by atoms with Gasteiger partial charge in [-0.05, 0) is 59.8 Å². The summed E-state index contributed by atoms with van der Waals surface area (Å²) >= 11 is 3.29. The van der Waals surface area contributed by atoms with E-state index in [1.165, 1.54) is 12.8 Å². The monoisotopic (exact) mass is 373 g/mol. The lowest BCUT2D eigenvalue weighted by molar-refractivity contribution is -0.0273. The molecule has 0 bridgehead atoms. The molecule has 3 rings (SSSR count). The van der Waals surface area contributed by atoms with E-state index in [1.807, 2.05) is 0 Å². The van der Waals surface area contributed by atoms with E-state index in [2.05, 4.69) is 15.9 Å². The molecule has 2 aliphatic rings. The van der Waals surface area contributed by atoms with E-state index in [-0.39, 0.29) is 17.5 Å². The Hall–Kier alpha value is -0.590. The van der Waals surface area contributed by atoms with Gasteiger partial charge in [-0.3, -0.25) is 0 Å². The number of hydrogen-bond donors (Lipinski definition) is 1. The molecule has 1 spiro atoms. The van der Waals surface area contributed by atoms with Crippen molar-refractivity contribution >= 4 is 31.5 Å². The molecule has 1 aliphatic carbocycles. The fourth-order valence-corrected chi connectivity index (χ4v) is 6.18. The van der Waals surface area contributed by atoms with Crippen LogP contribution in [-0.4, -0.2) is 25.9 Å². The normalized spacial score (nSPS) is 24.7. The summed E-state index contributed by atoms with van der Waals surface area (Å²) in [5.74, 6) is 0.0528. The van der Waals surface area contributed by atoms with Crippen molar-refractivity contribution in [1.29, 1.82) is 0 Å². The Morgan fingerprint density at radius 3 is 2.67 bits per heavy atom. The highest BCUT2D eigenvalue weighted by Gasteiger charge is 2.43. The molecule has 116 valence electrons. The molecule has 1 aliphatic heterocycles. The molecular weight excluding hydrogens is 354 g/mol. The Morgan fingerprint density at radius 2 is 2.00 bits per heavy atom. The molecule has 0 radical (unpaired) electrons. The van der Waals surface area contributed by atoms with Gasteiger partial charge in [0.1, 0.15) is 0 Å². The second-order valence-corrected chi connectivity index (χ2v) is 9.00. The first-order valence-electron chi connectivity index (χ1n) is 7.36. The van der Waals surface area contributed by atoms with Crippen molar-refractivity contribution in [3.63, 3.8) is 0 Å². The molecule has 2 N–H and O–H groups in total. The average molecular weight is 374 g/mol. The number of nitrogens with two attached hydrogens (primary N) is 1. The molecule has 1 unspecified atom stereocenters. The van der Waals surface area contributed by atoms with Crippen LogP contribution in [0.1, 0.15) is 38.5 Å². The van der Waals surface area contributed by atoms with Crippen molar-refractivity contribution in [2.75, 3.05) is 11.5 Å². The summed E-state index contributed by atoms with van der Waals surface area (Å²) in [4.78, 5) is 0.299. The first-order valence-corrected chi connectivity index (χ1v) is 9.80. The number of rotatable bonds is 3. The van der Waals surface area contributed by atoms with Gasteiger partial charge in [0.25, 0.3) is 0 Å². The molecule has 6 heteroatoms. The van der Waals surface area contributed by atoms with E-state index >= 15 is 0 Å². The van der Waals surface area contributed by atoms with Gasteiger partial charge in [-0.2, -0.15) is 0 Å². The van der Waals surface area contributed by atoms with Crippen molar-refractivity contribution in [3.05, 3.63) is 22.7 Å². The highest BCUT2D eigenvalue weighted by Crippen LogP contribution is 2.43. The molecule has 1 saturated heterocycles. The number of nitrogen functional groups attached to an aromatic ring is 1. The van der Waals surface area contributed by atoms with Gasteiger partial charge >= 0.3 is 0 Å². The molecule has 1 aromatic carbocycles. The number of hydrogen-bond acceptors (Lipinski definition) is 4. The third-order valence-electron chi connectivity index (χ3n) is 4.55. The van der Waals surface area contributed by atoms with Crippen LogP contribution in [-0.2, 0) is 14.6 Å². The third-order valence-corrected chi connectivity index (χ3v) is 7.30. The summed E-state index contributed by atoms with van der Waals surface area (Å²) in [5.41, 5.74) is 6.18. The van der Waals surface area contributed by atoms with E-state index in [1.54, 1.807) is 18.2 Å². The number of ether oxygens (including phenoxy) is 1. The third kappa shape index (κ3) is 3.12. The van der Waals surface area contributed by atoms with Gasteiger partial charge in [0.2, 0.25) is 0 Å². The summed E-state index contributed by atoms with van der Waals surface area (Å²) in [7, 11) is -3.36. The minimum Gasteiger partial charge on any atom is -0.399 e. The number of sulfone groups is 1. The Labute approximate surface area is 134 Å². The molecule has 2 fully saturated rings. The van der Waals surface area contributed by atoms with Gasteiger partial charge in [0.15, 0.2) is 9.84 Å². The summed E-state index contributed by atoms with van der Waals surface area (Å²) in [5, 5.41) is 0. The van der Waals surface area contributed by atoms with E-state index in [4.69, 9.17) is 10.5 Å². The van der Waals surface area contributed by atoms with Gasteiger partial charge in [-0.25, -0.2) is 8.42 Å². The maximum absolute atomic E-state index is 12.6. The minimum absolute atomic E-state index is 0.0292. The van der Waals surface area contributed by atoms with Crippen LogP contribution in [0.15, 0.2) is 27.6 Å². The molecule has 21 heavy (non-hydrogen) atoms. The Morgan fingerprint density at radius 1 is 1.29 bits per heavy atom. The highest BCUT2D eigenvalue weighted by molar-refractivity contribution is 9.10. The van der Waals surface area contributed by atoms with E-state index < -0.39 is 9.84 Å². The average Bonchev–Trinajstić information content (AvgIpc) is 2.99. The van der Waals surface area contributed by atoms with Crippen LogP contribution in [0, 0.1) is 0 Å². The standard InChI is InChI=1S/C15H20BrNO3S/c16-13-9-11(17)3-4-14(13)21(18,19)10-12-5-8-15(20-12)6-1-2-7-15/h3-4,9,12H,1-2,5-8,10,17H2. The first kappa shape index (κ1) is 15.3. The zero-order valence-corrected chi connectivity index (χ0v) is 14.2. The van der Waals surface area contributed by atoms with Crippen LogP contribution >= 0.6 is 15.9 Å². The van der Waals surface area contributed by atoms with Crippen molar-refractivity contribution in [2.45, 2.75) is 55.1 Å². The fourth-order valence-electron chi connectivity index (χ4n) is 3.50. The van der Waals surface area contributed by atoms with Crippen LogP contribution in [0.25, 0.3) is 0 Å². The van der Waals surface area contributed by atoms with Crippen LogP contribution in [0.5, 0.6) is 0 Å². The molecule has 1 saturated carbocycles. The molecule has 0 amide bonds. The lowest BCUT2D eigenvalue weighted by Crippen LogP contribution is -2.28. The first-order chi connectivity index (χ1) is 9.90. The van der Waals surface area contributed by atoms with Gasteiger partial charge in [0, 0.05) is 10.2 Å². The number of benzene rings is 1. The summed E-state index contributed by atoms with van der Waals surface area (Å²) in [6, 6.07) is 4.81. The zero-order valence-electron chi connectivity index (χ0n) is 11.8. The summed E-state index contributed by atoms with van der Waals surface area (Å²) < 4.78 is 31.8. The number of anilines is 1. The largest absolute Gasteiger partial charge is 0.399 e. The molecule has 1 atom stereocenters. The minimum atomic E-state index is -3.36. The van der Waals surface area contributed by atoms with Gasteiger partial charge in [-0.1, -0.05) is 12.8 Å². The molecule has 4 nitrogen and oxygen atoms in total. The summed E-state index contributed by atoms with van der Waals surface area (Å²) in [6.45, 7) is 0. The van der Waals surface area contributed by atoms with Crippen molar-refractivity contribution in [2.24, 2.45) is 0 Å². The molecular formula is C15H20BrNO3S. The predicted molar refractivity (Wildman–Crippen MR) is 85.9 cm³/mol. The van der Waals surface area contributed by atoms with E-state index in [0.717, 1.165) is 25.7 Å². The predicted octanol–water partition coefficient (Wildman–Crippen LogP) is 3.30. The lowest BCUT2D eigenvalue weighted by Gasteiger charge is -2.23. The smallest absolute Gasteiger partial charge is 0.182 e. The van der Waals surface area contributed by atoms with Crippen LogP contribution in [0.2, 0.25) is 0 Å². The summed E-state index contributed by atoms with van der Waals surface area (Å²) in [6.07, 6.45) is 6.20. The van der Waals surface area contributed by atoms with Gasteiger partial charge < -0.3 is 10.5 Å². The number of halogens is 1. The van der Waals surface area contributed by atoms with Crippen LogP contribution in [0.4, 0.5) is 5.69 Å². The Balaban J connectivity index is 1.75. The van der Waals surface area contributed by atoms with E-state index in [9.17, 15) is 8.42 Å². The maximum Gasteiger partial charge on any atom is 0.182 e. The SMILES string of the molecule is Nc1ccc(S(=O)(=O)CC2CCC3(CCCC3)O2)c(Br)c1. The van der Waals surface area contributed by atoms with E-state index in [0.29, 0.717) is 15.1 Å². The van der Waals surface area contributed by atoms with Crippen molar-refractivity contribution < 1.29 is 13.2 Å². The Kier molecular flexibility index (Phi) is 4.05.